The summed E-state index contributed by atoms with van der Waals surface area (Å²) in [5, 5.41) is 6.08. The average Bonchev–Trinajstić information content (AvgIpc) is 2.82. The molecule has 2 aliphatic heterocycles. The van der Waals surface area contributed by atoms with Crippen molar-refractivity contribution in [3.63, 3.8) is 0 Å². The molecule has 1 fully saturated rings. The molecule has 0 saturated carbocycles. The van der Waals surface area contributed by atoms with E-state index in [-0.39, 0.29) is 5.91 Å². The predicted molar refractivity (Wildman–Crippen MR) is 70.4 cm³/mol. The maximum absolute atomic E-state index is 12.0. The molecule has 1 aromatic heterocycles. The fraction of sp³-hybridized carbons (Fsp3) is 0.500. The number of carbonyl (C=O) groups excluding carboxylic acids is 1. The van der Waals surface area contributed by atoms with Gasteiger partial charge in [-0.25, -0.2) is 5.01 Å². The number of nitrogens with zero attached hydrogens (tertiary/aromatic N) is 3. The standard InChI is InChI=1S/C14H17N3O2/c18-14-8-13(12-3-6-19-7-4-12)16-17(14)10-11-2-1-5-15-9-11/h1-2,5,9,12H,3-4,6-8,10H2. The molecule has 2 aliphatic rings. The van der Waals surface area contributed by atoms with Crippen LogP contribution < -0.4 is 0 Å². The van der Waals surface area contributed by atoms with Gasteiger partial charge < -0.3 is 4.74 Å². The van der Waals surface area contributed by atoms with Gasteiger partial charge in [-0.1, -0.05) is 6.07 Å². The summed E-state index contributed by atoms with van der Waals surface area (Å²) >= 11 is 0. The van der Waals surface area contributed by atoms with Crippen LogP contribution in [0.4, 0.5) is 0 Å². The van der Waals surface area contributed by atoms with Crippen LogP contribution in [0.1, 0.15) is 24.8 Å². The van der Waals surface area contributed by atoms with E-state index in [9.17, 15) is 4.79 Å². The molecule has 100 valence electrons. The number of hydrogen-bond donors (Lipinski definition) is 0. The monoisotopic (exact) mass is 259 g/mol. The van der Waals surface area contributed by atoms with Crippen molar-refractivity contribution in [3.05, 3.63) is 30.1 Å². The highest BCUT2D eigenvalue weighted by atomic mass is 16.5. The summed E-state index contributed by atoms with van der Waals surface area (Å²) in [7, 11) is 0. The molecule has 0 spiro atoms. The van der Waals surface area contributed by atoms with Gasteiger partial charge in [-0.05, 0) is 24.5 Å². The Bertz CT molecular complexity index is 481. The van der Waals surface area contributed by atoms with Gasteiger partial charge in [0.05, 0.1) is 18.7 Å². The highest BCUT2D eigenvalue weighted by Gasteiger charge is 2.30. The van der Waals surface area contributed by atoms with Gasteiger partial charge in [0.1, 0.15) is 0 Å². The molecular weight excluding hydrogens is 242 g/mol. The molecule has 0 radical (unpaired) electrons. The van der Waals surface area contributed by atoms with Gasteiger partial charge in [-0.2, -0.15) is 5.10 Å². The second kappa shape index (κ2) is 5.48. The lowest BCUT2D eigenvalue weighted by Crippen LogP contribution is -2.23. The molecule has 19 heavy (non-hydrogen) atoms. The van der Waals surface area contributed by atoms with Crippen LogP contribution in [0.3, 0.4) is 0 Å². The van der Waals surface area contributed by atoms with Crippen LogP contribution in [0.25, 0.3) is 0 Å². The Morgan fingerprint density at radius 1 is 1.37 bits per heavy atom. The molecule has 0 N–H and O–H groups in total. The maximum atomic E-state index is 12.0. The first-order valence-corrected chi connectivity index (χ1v) is 6.67. The first kappa shape index (κ1) is 12.3. The summed E-state index contributed by atoms with van der Waals surface area (Å²) in [6.45, 7) is 2.07. The topological polar surface area (TPSA) is 54.8 Å². The third-order valence-corrected chi connectivity index (χ3v) is 3.62. The molecule has 0 bridgehead atoms. The largest absolute Gasteiger partial charge is 0.381 e. The Balaban J connectivity index is 1.68. The molecule has 3 heterocycles. The van der Waals surface area contributed by atoms with E-state index >= 15 is 0 Å². The van der Waals surface area contributed by atoms with Crippen molar-refractivity contribution in [2.75, 3.05) is 13.2 Å². The number of aromatic nitrogens is 1. The van der Waals surface area contributed by atoms with Gasteiger partial charge >= 0.3 is 0 Å². The van der Waals surface area contributed by atoms with Crippen LogP contribution in [-0.2, 0) is 16.1 Å². The van der Waals surface area contributed by atoms with E-state index in [0.717, 1.165) is 37.3 Å². The lowest BCUT2D eigenvalue weighted by Gasteiger charge is -2.21. The molecule has 3 rings (SSSR count). The van der Waals surface area contributed by atoms with Crippen LogP contribution in [0.2, 0.25) is 0 Å². The van der Waals surface area contributed by atoms with Crippen molar-refractivity contribution >= 4 is 11.6 Å². The molecule has 1 aromatic rings. The van der Waals surface area contributed by atoms with Crippen LogP contribution in [0, 0.1) is 5.92 Å². The Morgan fingerprint density at radius 3 is 2.95 bits per heavy atom. The molecule has 5 heteroatoms. The van der Waals surface area contributed by atoms with Gasteiger partial charge in [0, 0.05) is 31.5 Å². The number of pyridine rings is 1. The summed E-state index contributed by atoms with van der Waals surface area (Å²) < 4.78 is 5.35. The lowest BCUT2D eigenvalue weighted by atomic mass is 9.93. The Labute approximate surface area is 112 Å². The summed E-state index contributed by atoms with van der Waals surface area (Å²) in [6.07, 6.45) is 5.92. The fourth-order valence-corrected chi connectivity index (χ4v) is 2.54. The summed E-state index contributed by atoms with van der Waals surface area (Å²) in [4.78, 5) is 16.0. The second-order valence-corrected chi connectivity index (χ2v) is 4.97. The van der Waals surface area contributed by atoms with Crippen molar-refractivity contribution in [3.8, 4) is 0 Å². The van der Waals surface area contributed by atoms with E-state index in [1.54, 1.807) is 17.4 Å². The van der Waals surface area contributed by atoms with Gasteiger partial charge in [0.2, 0.25) is 5.91 Å². The number of amides is 1. The predicted octanol–water partition coefficient (Wildman–Crippen LogP) is 1.60. The Kier molecular flexibility index (Phi) is 3.55. The maximum Gasteiger partial charge on any atom is 0.248 e. The molecule has 0 unspecified atom stereocenters. The van der Waals surface area contributed by atoms with E-state index in [0.29, 0.717) is 18.9 Å². The first-order valence-electron chi connectivity index (χ1n) is 6.67. The molecular formula is C14H17N3O2. The Hall–Kier alpha value is -1.75. The van der Waals surface area contributed by atoms with Crippen molar-refractivity contribution in [1.29, 1.82) is 0 Å². The van der Waals surface area contributed by atoms with Gasteiger partial charge in [-0.3, -0.25) is 9.78 Å². The molecule has 1 saturated heterocycles. The summed E-state index contributed by atoms with van der Waals surface area (Å²) in [5.74, 6) is 0.502. The van der Waals surface area contributed by atoms with E-state index in [2.05, 4.69) is 10.1 Å². The molecule has 1 amide bonds. The molecule has 0 atom stereocenters. The minimum absolute atomic E-state index is 0.0883. The third kappa shape index (κ3) is 2.81. The highest BCUT2D eigenvalue weighted by Crippen LogP contribution is 2.24. The van der Waals surface area contributed by atoms with Crippen molar-refractivity contribution in [1.82, 2.24) is 9.99 Å². The quantitative estimate of drug-likeness (QED) is 0.828. The van der Waals surface area contributed by atoms with Crippen molar-refractivity contribution < 1.29 is 9.53 Å². The highest BCUT2D eigenvalue weighted by molar-refractivity contribution is 6.06. The number of hydrazone groups is 1. The minimum atomic E-state index is 0.0883. The van der Waals surface area contributed by atoms with E-state index < -0.39 is 0 Å². The third-order valence-electron chi connectivity index (χ3n) is 3.62. The number of hydrogen-bond acceptors (Lipinski definition) is 4. The molecule has 0 aromatic carbocycles. The zero-order valence-corrected chi connectivity index (χ0v) is 10.8. The SMILES string of the molecule is O=C1CC(C2CCOCC2)=NN1Cc1cccnc1. The Morgan fingerprint density at radius 2 is 2.21 bits per heavy atom. The normalized spacial score (nSPS) is 20.7. The van der Waals surface area contributed by atoms with Gasteiger partial charge in [-0.15, -0.1) is 0 Å². The summed E-state index contributed by atoms with van der Waals surface area (Å²) in [6, 6.07) is 3.83. The zero-order chi connectivity index (χ0) is 13.1. The lowest BCUT2D eigenvalue weighted by molar-refractivity contribution is -0.129. The van der Waals surface area contributed by atoms with Crippen LogP contribution in [0.5, 0.6) is 0 Å². The number of rotatable bonds is 3. The van der Waals surface area contributed by atoms with E-state index in [1.165, 1.54) is 0 Å². The molecule has 0 aliphatic carbocycles. The second-order valence-electron chi connectivity index (χ2n) is 4.97. The van der Waals surface area contributed by atoms with E-state index in [1.807, 2.05) is 12.1 Å². The van der Waals surface area contributed by atoms with Crippen LogP contribution in [0.15, 0.2) is 29.6 Å². The van der Waals surface area contributed by atoms with Crippen LogP contribution >= 0.6 is 0 Å². The van der Waals surface area contributed by atoms with Gasteiger partial charge in [0.25, 0.3) is 0 Å². The van der Waals surface area contributed by atoms with Gasteiger partial charge in [0.15, 0.2) is 0 Å². The number of ether oxygens (including phenoxy) is 1. The van der Waals surface area contributed by atoms with Crippen molar-refractivity contribution in [2.45, 2.75) is 25.8 Å². The van der Waals surface area contributed by atoms with E-state index in [4.69, 9.17) is 4.74 Å². The van der Waals surface area contributed by atoms with Crippen LogP contribution in [-0.4, -0.2) is 34.8 Å². The van der Waals surface area contributed by atoms with Crippen molar-refractivity contribution in [2.24, 2.45) is 11.0 Å². The minimum Gasteiger partial charge on any atom is -0.381 e. The summed E-state index contributed by atoms with van der Waals surface area (Å²) in [5.41, 5.74) is 2.03. The molecule has 5 nitrogen and oxygen atoms in total. The average molecular weight is 259 g/mol. The number of carbonyl (C=O) groups is 1. The smallest absolute Gasteiger partial charge is 0.248 e. The zero-order valence-electron chi connectivity index (χ0n) is 10.8. The fourth-order valence-electron chi connectivity index (χ4n) is 2.54. The first-order chi connectivity index (χ1) is 9.33.